The predicted octanol–water partition coefficient (Wildman–Crippen LogP) is 7.90. The van der Waals surface area contributed by atoms with Gasteiger partial charge in [0.1, 0.15) is 0 Å². The van der Waals surface area contributed by atoms with Crippen LogP contribution in [0, 0.1) is 0 Å². The fourth-order valence-electron chi connectivity index (χ4n) is 5.31. The summed E-state index contributed by atoms with van der Waals surface area (Å²) < 4.78 is 0. The Morgan fingerprint density at radius 3 is 1.34 bits per heavy atom. The highest BCUT2D eigenvalue weighted by Crippen LogP contribution is 2.45. The molecule has 0 saturated carbocycles. The second-order valence-corrected chi connectivity index (χ2v) is 10.1. The number of aromatic amines is 2. The zero-order valence-corrected chi connectivity index (χ0v) is 21.5. The molecule has 0 bridgehead atoms. The molecule has 0 aliphatic rings. The van der Waals surface area contributed by atoms with E-state index in [1.807, 2.05) is 48.5 Å². The number of aromatic hydroxyl groups is 2. The Balaban J connectivity index is 1.63. The molecule has 4 N–H and O–H groups in total. The Labute approximate surface area is 228 Å². The fourth-order valence-corrected chi connectivity index (χ4v) is 5.56. The molecule has 2 atom stereocenters. The lowest BCUT2D eigenvalue weighted by molar-refractivity contribution is -0.120. The number of rotatable bonds is 6. The summed E-state index contributed by atoms with van der Waals surface area (Å²) in [5.74, 6) is -2.15. The number of aromatic nitrogens is 2. The molecule has 188 valence electrons. The SMILES string of the molecule is O=C(C(c1ccc(Cl)cc1)c1c(O)[nH]c2ccccc12)C(c1ccc(Cl)cc1)c1c(O)[nH]c2ccccc12. The average molecular weight is 541 g/mol. The zero-order valence-electron chi connectivity index (χ0n) is 20.0. The van der Waals surface area contributed by atoms with Gasteiger partial charge < -0.3 is 20.2 Å². The molecule has 2 heterocycles. The highest BCUT2D eigenvalue weighted by molar-refractivity contribution is 6.30. The van der Waals surface area contributed by atoms with E-state index < -0.39 is 11.8 Å². The van der Waals surface area contributed by atoms with E-state index in [0.717, 1.165) is 10.8 Å². The summed E-state index contributed by atoms with van der Waals surface area (Å²) in [5, 5.41) is 24.8. The zero-order chi connectivity index (χ0) is 26.4. The van der Waals surface area contributed by atoms with Gasteiger partial charge in [-0.3, -0.25) is 4.79 Å². The van der Waals surface area contributed by atoms with E-state index >= 15 is 0 Å². The summed E-state index contributed by atoms with van der Waals surface area (Å²) in [6.07, 6.45) is 0. The number of hydrogen-bond acceptors (Lipinski definition) is 3. The number of carbonyl (C=O) groups is 1. The molecule has 0 aliphatic heterocycles. The fraction of sp³-hybridized carbons (Fsp3) is 0.0645. The molecule has 6 aromatic rings. The Morgan fingerprint density at radius 2 is 0.947 bits per heavy atom. The van der Waals surface area contributed by atoms with Crippen LogP contribution < -0.4 is 0 Å². The first-order valence-electron chi connectivity index (χ1n) is 12.1. The highest BCUT2D eigenvalue weighted by Gasteiger charge is 2.37. The van der Waals surface area contributed by atoms with Crippen LogP contribution in [0.15, 0.2) is 97.1 Å². The minimum Gasteiger partial charge on any atom is -0.494 e. The number of fused-ring (bicyclic) bond motifs is 2. The third-order valence-electron chi connectivity index (χ3n) is 7.00. The Bertz CT molecular complexity index is 1660. The number of benzene rings is 4. The molecule has 6 rings (SSSR count). The van der Waals surface area contributed by atoms with Crippen LogP contribution >= 0.6 is 23.2 Å². The maximum atomic E-state index is 14.9. The normalized spacial score (nSPS) is 13.1. The lowest BCUT2D eigenvalue weighted by Crippen LogP contribution is -2.23. The van der Waals surface area contributed by atoms with E-state index in [2.05, 4.69) is 9.97 Å². The molecule has 0 spiro atoms. The van der Waals surface area contributed by atoms with Crippen molar-refractivity contribution >= 4 is 50.8 Å². The second-order valence-electron chi connectivity index (χ2n) is 9.24. The molecule has 0 radical (unpaired) electrons. The first-order valence-corrected chi connectivity index (χ1v) is 12.8. The summed E-state index contributed by atoms with van der Waals surface area (Å²) in [6, 6.07) is 29.0. The van der Waals surface area contributed by atoms with Crippen molar-refractivity contribution in [2.45, 2.75) is 11.8 Å². The first-order chi connectivity index (χ1) is 18.4. The van der Waals surface area contributed by atoms with Gasteiger partial charge in [0, 0.05) is 43.0 Å². The maximum Gasteiger partial charge on any atom is 0.193 e. The second kappa shape index (κ2) is 9.60. The molecule has 38 heavy (non-hydrogen) atoms. The van der Waals surface area contributed by atoms with Gasteiger partial charge in [-0.2, -0.15) is 0 Å². The van der Waals surface area contributed by atoms with Crippen molar-refractivity contribution < 1.29 is 15.0 Å². The van der Waals surface area contributed by atoms with Crippen molar-refractivity contribution in [3.8, 4) is 11.8 Å². The van der Waals surface area contributed by atoms with Crippen molar-refractivity contribution in [3.05, 3.63) is 129 Å². The summed E-state index contributed by atoms with van der Waals surface area (Å²) in [5.41, 5.74) is 3.68. The van der Waals surface area contributed by atoms with Gasteiger partial charge in [0.25, 0.3) is 0 Å². The Hall–Kier alpha value is -4.19. The third kappa shape index (κ3) is 4.10. The van der Waals surface area contributed by atoms with Crippen LogP contribution in [0.25, 0.3) is 21.8 Å². The van der Waals surface area contributed by atoms with Crippen LogP contribution in [0.4, 0.5) is 0 Å². The van der Waals surface area contributed by atoms with Crippen molar-refractivity contribution in [2.75, 3.05) is 0 Å². The van der Waals surface area contributed by atoms with Crippen LogP contribution in [0.2, 0.25) is 10.0 Å². The smallest absolute Gasteiger partial charge is 0.193 e. The third-order valence-corrected chi connectivity index (χ3v) is 7.51. The Morgan fingerprint density at radius 1 is 0.579 bits per heavy atom. The number of Topliss-reactive ketones (excluding diaryl/α,β-unsaturated/α-hetero) is 1. The van der Waals surface area contributed by atoms with Gasteiger partial charge in [-0.15, -0.1) is 0 Å². The molecule has 0 fully saturated rings. The molecule has 0 aliphatic carbocycles. The van der Waals surface area contributed by atoms with Gasteiger partial charge in [0.05, 0.1) is 11.8 Å². The topological polar surface area (TPSA) is 89.1 Å². The first kappa shape index (κ1) is 24.2. The van der Waals surface area contributed by atoms with E-state index in [0.29, 0.717) is 43.3 Å². The summed E-state index contributed by atoms with van der Waals surface area (Å²) in [7, 11) is 0. The quantitative estimate of drug-likeness (QED) is 0.173. The molecular formula is C31H22Cl2N2O3. The van der Waals surface area contributed by atoms with Crippen LogP contribution in [0.1, 0.15) is 34.1 Å². The van der Waals surface area contributed by atoms with Crippen LogP contribution in [0.5, 0.6) is 11.8 Å². The summed E-state index contributed by atoms with van der Waals surface area (Å²) >= 11 is 12.4. The predicted molar refractivity (Wildman–Crippen MR) is 152 cm³/mol. The molecular weight excluding hydrogens is 519 g/mol. The Kier molecular flexibility index (Phi) is 6.10. The number of H-pyrrole nitrogens is 2. The van der Waals surface area contributed by atoms with E-state index in [1.165, 1.54) is 0 Å². The van der Waals surface area contributed by atoms with E-state index in [9.17, 15) is 15.0 Å². The highest BCUT2D eigenvalue weighted by atomic mass is 35.5. The van der Waals surface area contributed by atoms with Gasteiger partial charge in [-0.25, -0.2) is 0 Å². The van der Waals surface area contributed by atoms with Crippen LogP contribution in [0.3, 0.4) is 0 Å². The molecule has 5 nitrogen and oxygen atoms in total. The van der Waals surface area contributed by atoms with E-state index in [1.54, 1.807) is 48.5 Å². The van der Waals surface area contributed by atoms with Gasteiger partial charge >= 0.3 is 0 Å². The minimum absolute atomic E-state index is 0.0856. The lowest BCUT2D eigenvalue weighted by atomic mass is 9.76. The number of halogens is 2. The van der Waals surface area contributed by atoms with Gasteiger partial charge in [-0.1, -0.05) is 83.9 Å². The van der Waals surface area contributed by atoms with Crippen LogP contribution in [-0.4, -0.2) is 26.0 Å². The minimum atomic E-state index is -0.878. The van der Waals surface area contributed by atoms with Gasteiger partial charge in [0.2, 0.25) is 0 Å². The van der Waals surface area contributed by atoms with Crippen LogP contribution in [-0.2, 0) is 4.79 Å². The number of carbonyl (C=O) groups excluding carboxylic acids is 1. The van der Waals surface area contributed by atoms with Crippen molar-refractivity contribution in [1.29, 1.82) is 0 Å². The number of para-hydroxylation sites is 2. The monoisotopic (exact) mass is 540 g/mol. The number of nitrogens with one attached hydrogen (secondary N) is 2. The number of hydrogen-bond donors (Lipinski definition) is 4. The van der Waals surface area contributed by atoms with Crippen molar-refractivity contribution in [1.82, 2.24) is 9.97 Å². The van der Waals surface area contributed by atoms with E-state index in [4.69, 9.17) is 23.2 Å². The van der Waals surface area contributed by atoms with E-state index in [-0.39, 0.29) is 17.5 Å². The largest absolute Gasteiger partial charge is 0.494 e. The van der Waals surface area contributed by atoms with Gasteiger partial charge in [0.15, 0.2) is 17.5 Å². The molecule has 2 unspecified atom stereocenters. The number of ketones is 1. The molecule has 4 aromatic carbocycles. The standard InChI is InChI=1S/C31H22Cl2N2O3/c32-19-13-9-17(10-14-19)25(27-21-5-1-3-7-23(21)34-30(27)37)29(36)26(18-11-15-20(33)16-12-18)28-22-6-2-4-8-24(22)35-31(28)38/h1-16,25-26,34-35,37-38H. The molecule has 7 heteroatoms. The summed E-state index contributed by atoms with van der Waals surface area (Å²) in [4.78, 5) is 20.9. The molecule has 2 aromatic heterocycles. The van der Waals surface area contributed by atoms with Gasteiger partial charge in [-0.05, 0) is 47.5 Å². The molecule has 0 saturated heterocycles. The average Bonchev–Trinajstić information content (AvgIpc) is 3.42. The summed E-state index contributed by atoms with van der Waals surface area (Å²) in [6.45, 7) is 0. The lowest BCUT2D eigenvalue weighted by Gasteiger charge is -2.24. The van der Waals surface area contributed by atoms with Crippen molar-refractivity contribution in [2.24, 2.45) is 0 Å². The molecule has 0 amide bonds. The maximum absolute atomic E-state index is 14.9. The van der Waals surface area contributed by atoms with Crippen molar-refractivity contribution in [3.63, 3.8) is 0 Å².